The van der Waals surface area contributed by atoms with Crippen LogP contribution in [0.25, 0.3) is 0 Å². The normalized spacial score (nSPS) is 13.4. The summed E-state index contributed by atoms with van der Waals surface area (Å²) in [5.74, 6) is -0.116. The van der Waals surface area contributed by atoms with Crippen molar-refractivity contribution in [3.8, 4) is 5.75 Å². The molecule has 0 unspecified atom stereocenters. The summed E-state index contributed by atoms with van der Waals surface area (Å²) < 4.78 is 38.9. The molecule has 2 N–H and O–H groups in total. The van der Waals surface area contributed by atoms with E-state index >= 15 is 0 Å². The number of rotatable bonds is 7. The van der Waals surface area contributed by atoms with E-state index in [1.165, 1.54) is 18.1 Å². The second kappa shape index (κ2) is 9.44. The molecule has 0 aliphatic carbocycles. The summed E-state index contributed by atoms with van der Waals surface area (Å²) in [4.78, 5) is 26.2. The van der Waals surface area contributed by atoms with Crippen molar-refractivity contribution in [1.82, 2.24) is 0 Å². The van der Waals surface area contributed by atoms with Gasteiger partial charge in [-0.2, -0.15) is 0 Å². The number of carbonyl (C=O) groups is 2. The Kier molecular flexibility index (Phi) is 6.42. The van der Waals surface area contributed by atoms with Gasteiger partial charge in [0.2, 0.25) is 0 Å². The van der Waals surface area contributed by atoms with E-state index in [0.29, 0.717) is 35.8 Å². The fourth-order valence-corrected chi connectivity index (χ4v) is 4.88. The average Bonchev–Trinajstić information content (AvgIpc) is 3.25. The van der Waals surface area contributed by atoms with Crippen LogP contribution in [0, 0.1) is 6.92 Å². The van der Waals surface area contributed by atoms with Gasteiger partial charge >= 0.3 is 6.09 Å². The lowest BCUT2D eigenvalue weighted by atomic mass is 10.1. The largest absolute Gasteiger partial charge is 0.495 e. The molecule has 4 rings (SSSR count). The van der Waals surface area contributed by atoms with Gasteiger partial charge < -0.3 is 14.8 Å². The molecule has 2 amide bonds. The molecule has 1 saturated heterocycles. The molecule has 10 heteroatoms. The van der Waals surface area contributed by atoms with Crippen LogP contribution < -0.4 is 19.7 Å². The summed E-state index contributed by atoms with van der Waals surface area (Å²) in [6.07, 6.45) is -0.445. The molecule has 0 bridgehead atoms. The Morgan fingerprint density at radius 3 is 2.59 bits per heavy atom. The van der Waals surface area contributed by atoms with Crippen LogP contribution in [0.5, 0.6) is 5.75 Å². The number of sulfonamides is 1. The Bertz CT molecular complexity index is 1360. The number of cyclic esters (lactones) is 1. The average molecular weight is 482 g/mol. The number of nitrogens with one attached hydrogen (secondary N) is 2. The smallest absolute Gasteiger partial charge is 0.414 e. The van der Waals surface area contributed by atoms with Crippen LogP contribution in [0.1, 0.15) is 15.9 Å². The summed E-state index contributed by atoms with van der Waals surface area (Å²) in [5, 5.41) is 2.75. The number of hydrogen-bond acceptors (Lipinski definition) is 6. The summed E-state index contributed by atoms with van der Waals surface area (Å²) in [7, 11) is -2.55. The van der Waals surface area contributed by atoms with E-state index < -0.39 is 22.0 Å². The number of benzene rings is 3. The first-order valence-corrected chi connectivity index (χ1v) is 11.9. The van der Waals surface area contributed by atoms with Crippen molar-refractivity contribution in [3.63, 3.8) is 0 Å². The molecule has 0 aromatic heterocycles. The molecule has 1 aliphatic rings. The van der Waals surface area contributed by atoms with E-state index in [1.807, 2.05) is 0 Å². The van der Waals surface area contributed by atoms with Gasteiger partial charge in [0.25, 0.3) is 15.9 Å². The van der Waals surface area contributed by atoms with Crippen molar-refractivity contribution in [3.05, 3.63) is 77.9 Å². The van der Waals surface area contributed by atoms with Crippen LogP contribution in [0.3, 0.4) is 0 Å². The van der Waals surface area contributed by atoms with E-state index in [0.717, 1.165) is 0 Å². The third kappa shape index (κ3) is 4.81. The second-order valence-corrected chi connectivity index (χ2v) is 9.21. The Hall–Kier alpha value is -4.05. The van der Waals surface area contributed by atoms with E-state index in [1.54, 1.807) is 67.6 Å². The van der Waals surface area contributed by atoms with Gasteiger partial charge in [-0.1, -0.05) is 24.3 Å². The Morgan fingerprint density at radius 1 is 1.06 bits per heavy atom. The topological polar surface area (TPSA) is 114 Å². The SMILES string of the molecule is COc1ccccc1NS(=O)(=O)c1cc(C(=O)Nc2cccc(N3CCOC3=O)c2)ccc1C. The van der Waals surface area contributed by atoms with Crippen molar-refractivity contribution in [2.45, 2.75) is 11.8 Å². The highest BCUT2D eigenvalue weighted by Crippen LogP contribution is 2.28. The highest BCUT2D eigenvalue weighted by Gasteiger charge is 2.24. The van der Waals surface area contributed by atoms with Crippen LogP contribution in [-0.2, 0) is 14.8 Å². The number of nitrogens with zero attached hydrogens (tertiary/aromatic N) is 1. The maximum atomic E-state index is 13.1. The molecular formula is C24H23N3O6S. The van der Waals surface area contributed by atoms with E-state index in [2.05, 4.69) is 10.0 Å². The van der Waals surface area contributed by atoms with Crippen molar-refractivity contribution in [2.24, 2.45) is 0 Å². The summed E-state index contributed by atoms with van der Waals surface area (Å²) in [6.45, 7) is 2.38. The highest BCUT2D eigenvalue weighted by molar-refractivity contribution is 7.92. The molecule has 9 nitrogen and oxygen atoms in total. The van der Waals surface area contributed by atoms with Gasteiger partial charge in [0, 0.05) is 16.9 Å². The Labute approximate surface area is 197 Å². The minimum absolute atomic E-state index is 0.0281. The fraction of sp³-hybridized carbons (Fsp3) is 0.167. The standard InChI is InChI=1S/C24H23N3O6S/c1-16-10-11-17(14-22(16)34(30,31)26-20-8-3-4-9-21(20)32-2)23(28)25-18-6-5-7-19(15-18)27-12-13-33-24(27)29/h3-11,14-15,26H,12-13H2,1-2H3,(H,25,28). The predicted octanol–water partition coefficient (Wildman–Crippen LogP) is 4.01. The number of methoxy groups -OCH3 is 1. The molecule has 0 saturated carbocycles. The molecule has 0 atom stereocenters. The summed E-state index contributed by atoms with van der Waals surface area (Å²) >= 11 is 0. The molecule has 1 aliphatic heterocycles. The van der Waals surface area contributed by atoms with Gasteiger partial charge in [0.1, 0.15) is 12.4 Å². The van der Waals surface area contributed by atoms with Crippen molar-refractivity contribution in [1.29, 1.82) is 0 Å². The Balaban J connectivity index is 1.57. The number of ether oxygens (including phenoxy) is 2. The van der Waals surface area contributed by atoms with Crippen LogP contribution in [0.4, 0.5) is 21.9 Å². The zero-order chi connectivity index (χ0) is 24.3. The molecule has 3 aromatic carbocycles. The van der Waals surface area contributed by atoms with Gasteiger partial charge in [-0.3, -0.25) is 14.4 Å². The van der Waals surface area contributed by atoms with Gasteiger partial charge in [-0.05, 0) is 55.0 Å². The van der Waals surface area contributed by atoms with Gasteiger partial charge in [0.05, 0.1) is 24.2 Å². The van der Waals surface area contributed by atoms with Gasteiger partial charge in [0.15, 0.2) is 0 Å². The first kappa shape index (κ1) is 23.1. The molecule has 34 heavy (non-hydrogen) atoms. The van der Waals surface area contributed by atoms with E-state index in [4.69, 9.17) is 9.47 Å². The third-order valence-electron chi connectivity index (χ3n) is 5.27. The number of carbonyl (C=O) groups excluding carboxylic acids is 2. The monoisotopic (exact) mass is 481 g/mol. The van der Waals surface area contributed by atoms with Crippen LogP contribution in [-0.4, -0.2) is 40.7 Å². The number of aryl methyl sites for hydroxylation is 1. The summed E-state index contributed by atoms with van der Waals surface area (Å²) in [5.41, 5.74) is 1.98. The lowest BCUT2D eigenvalue weighted by Crippen LogP contribution is -2.23. The van der Waals surface area contributed by atoms with Crippen molar-refractivity contribution >= 4 is 39.1 Å². The van der Waals surface area contributed by atoms with Gasteiger partial charge in [-0.25, -0.2) is 13.2 Å². The first-order chi connectivity index (χ1) is 16.3. The third-order valence-corrected chi connectivity index (χ3v) is 6.78. The van der Waals surface area contributed by atoms with Crippen LogP contribution in [0.2, 0.25) is 0 Å². The predicted molar refractivity (Wildman–Crippen MR) is 128 cm³/mol. The molecular weight excluding hydrogens is 458 g/mol. The number of amides is 2. The van der Waals surface area contributed by atoms with Crippen molar-refractivity contribution in [2.75, 3.05) is 35.2 Å². The van der Waals surface area contributed by atoms with Crippen LogP contribution >= 0.6 is 0 Å². The zero-order valence-corrected chi connectivity index (χ0v) is 19.4. The molecule has 1 heterocycles. The molecule has 176 valence electrons. The van der Waals surface area contributed by atoms with Gasteiger partial charge in [-0.15, -0.1) is 0 Å². The maximum absolute atomic E-state index is 13.1. The molecule has 1 fully saturated rings. The fourth-order valence-electron chi connectivity index (χ4n) is 3.54. The lowest BCUT2D eigenvalue weighted by Gasteiger charge is -2.15. The minimum atomic E-state index is -4.00. The Morgan fingerprint density at radius 2 is 1.85 bits per heavy atom. The highest BCUT2D eigenvalue weighted by atomic mass is 32.2. The van der Waals surface area contributed by atoms with E-state index in [-0.39, 0.29) is 16.1 Å². The maximum Gasteiger partial charge on any atom is 0.414 e. The molecule has 0 radical (unpaired) electrons. The molecule has 0 spiro atoms. The van der Waals surface area contributed by atoms with E-state index in [9.17, 15) is 18.0 Å². The number of para-hydroxylation sites is 2. The molecule has 3 aromatic rings. The lowest BCUT2D eigenvalue weighted by molar-refractivity contribution is 0.102. The van der Waals surface area contributed by atoms with Crippen molar-refractivity contribution < 1.29 is 27.5 Å². The summed E-state index contributed by atoms with van der Waals surface area (Å²) in [6, 6.07) is 17.9. The quantitative estimate of drug-likeness (QED) is 0.527. The number of hydrogen-bond donors (Lipinski definition) is 2. The number of anilines is 3. The minimum Gasteiger partial charge on any atom is -0.495 e. The zero-order valence-electron chi connectivity index (χ0n) is 18.6. The van der Waals surface area contributed by atoms with Crippen LogP contribution in [0.15, 0.2) is 71.6 Å². The second-order valence-electron chi connectivity index (χ2n) is 7.56. The first-order valence-electron chi connectivity index (χ1n) is 10.4.